The SMILES string of the molecule is CCC(CCC1CC(N(N)N)C(CCCCCC#N)C1N(C(C)C)C(C)C)CC(C)C. The summed E-state index contributed by atoms with van der Waals surface area (Å²) in [4.78, 5) is 2.75. The van der Waals surface area contributed by atoms with E-state index in [0.717, 1.165) is 43.9 Å². The first-order valence-electron chi connectivity index (χ1n) is 13.1. The van der Waals surface area contributed by atoms with Crippen LogP contribution in [0, 0.1) is 35.0 Å². The number of rotatable bonds is 15. The molecule has 5 nitrogen and oxygen atoms in total. The Morgan fingerprint density at radius 3 is 2.10 bits per heavy atom. The molecule has 1 aliphatic carbocycles. The van der Waals surface area contributed by atoms with Gasteiger partial charge >= 0.3 is 0 Å². The molecule has 0 heterocycles. The van der Waals surface area contributed by atoms with Crippen LogP contribution in [0.25, 0.3) is 0 Å². The van der Waals surface area contributed by atoms with Crippen LogP contribution >= 0.6 is 0 Å². The van der Waals surface area contributed by atoms with Crippen LogP contribution in [-0.4, -0.2) is 34.2 Å². The second-order valence-corrected chi connectivity index (χ2v) is 11.0. The molecule has 4 N–H and O–H groups in total. The fourth-order valence-electron chi connectivity index (χ4n) is 6.31. The normalized spacial score (nSPS) is 25.3. The van der Waals surface area contributed by atoms with Crippen molar-refractivity contribution in [1.82, 2.24) is 10.0 Å². The summed E-state index contributed by atoms with van der Waals surface area (Å²) in [6, 6.07) is 4.07. The van der Waals surface area contributed by atoms with Crippen molar-refractivity contribution >= 4 is 0 Å². The Bertz CT molecular complexity index is 502. The molecule has 5 heteroatoms. The van der Waals surface area contributed by atoms with Gasteiger partial charge in [0.15, 0.2) is 0 Å². The highest BCUT2D eigenvalue weighted by Crippen LogP contribution is 2.44. The van der Waals surface area contributed by atoms with E-state index >= 15 is 0 Å². The highest BCUT2D eigenvalue weighted by Gasteiger charge is 2.47. The van der Waals surface area contributed by atoms with Gasteiger partial charge in [-0.3, -0.25) is 16.6 Å². The summed E-state index contributed by atoms with van der Waals surface area (Å²) in [5.74, 6) is 15.2. The third kappa shape index (κ3) is 9.00. The summed E-state index contributed by atoms with van der Waals surface area (Å²) < 4.78 is 0. The lowest BCUT2D eigenvalue weighted by Gasteiger charge is -2.43. The van der Waals surface area contributed by atoms with E-state index in [0.29, 0.717) is 36.4 Å². The summed E-state index contributed by atoms with van der Waals surface area (Å²) in [5.41, 5.74) is 0. The molecule has 0 aromatic carbocycles. The monoisotopic (exact) mass is 435 g/mol. The lowest BCUT2D eigenvalue weighted by molar-refractivity contribution is 0.0397. The topological polar surface area (TPSA) is 82.3 Å². The summed E-state index contributed by atoms with van der Waals surface area (Å²) >= 11 is 0. The fourth-order valence-corrected chi connectivity index (χ4v) is 6.31. The van der Waals surface area contributed by atoms with E-state index in [1.165, 1.54) is 30.8 Å². The van der Waals surface area contributed by atoms with Gasteiger partial charge in [-0.05, 0) is 83.5 Å². The Kier molecular flexibility index (Phi) is 13.2. The average molecular weight is 436 g/mol. The first-order valence-corrected chi connectivity index (χ1v) is 13.1. The second kappa shape index (κ2) is 14.5. The standard InChI is InChI=1S/C26H53N5/c1-8-22(17-19(2)3)14-15-23-18-25(31(28)29)24(13-11-9-10-12-16-27)26(23)30(20(4)5)21(6)7/h19-26H,8-15,17-18,28-29H2,1-7H3. The molecule has 0 aromatic heterocycles. The van der Waals surface area contributed by atoms with Crippen molar-refractivity contribution in [3.8, 4) is 6.07 Å². The van der Waals surface area contributed by atoms with E-state index in [1.54, 1.807) is 0 Å². The molecule has 0 spiro atoms. The molecule has 0 bridgehead atoms. The summed E-state index contributed by atoms with van der Waals surface area (Å²) in [6.45, 7) is 16.4. The average Bonchev–Trinajstić information content (AvgIpc) is 3.02. The van der Waals surface area contributed by atoms with Crippen LogP contribution in [0.15, 0.2) is 0 Å². The minimum Gasteiger partial charge on any atom is -0.295 e. The van der Waals surface area contributed by atoms with Crippen LogP contribution in [0.2, 0.25) is 0 Å². The van der Waals surface area contributed by atoms with Crippen molar-refractivity contribution in [2.24, 2.45) is 35.4 Å². The molecule has 1 fully saturated rings. The van der Waals surface area contributed by atoms with Gasteiger partial charge in [0, 0.05) is 30.6 Å². The smallest absolute Gasteiger partial charge is 0.0621 e. The highest BCUT2D eigenvalue weighted by molar-refractivity contribution is 5.01. The van der Waals surface area contributed by atoms with E-state index in [1.807, 2.05) is 0 Å². The highest BCUT2D eigenvalue weighted by atomic mass is 15.6. The number of unbranched alkanes of at least 4 members (excludes halogenated alkanes) is 3. The maximum atomic E-state index is 8.85. The molecule has 0 amide bonds. The van der Waals surface area contributed by atoms with E-state index in [4.69, 9.17) is 16.9 Å². The lowest BCUT2D eigenvalue weighted by Crippen LogP contribution is -2.54. The zero-order valence-corrected chi connectivity index (χ0v) is 21.7. The zero-order valence-electron chi connectivity index (χ0n) is 21.7. The maximum absolute atomic E-state index is 8.85. The van der Waals surface area contributed by atoms with Crippen molar-refractivity contribution in [1.29, 1.82) is 5.26 Å². The predicted octanol–water partition coefficient (Wildman–Crippen LogP) is 5.85. The van der Waals surface area contributed by atoms with Gasteiger partial charge in [-0.25, -0.2) is 0 Å². The van der Waals surface area contributed by atoms with E-state index in [2.05, 4.69) is 59.4 Å². The number of hydrogen-bond donors (Lipinski definition) is 2. The Hall–Kier alpha value is -0.670. The van der Waals surface area contributed by atoms with Gasteiger partial charge in [0.1, 0.15) is 0 Å². The first-order chi connectivity index (χ1) is 14.6. The Morgan fingerprint density at radius 1 is 0.968 bits per heavy atom. The minimum atomic E-state index is 0.246. The van der Waals surface area contributed by atoms with Gasteiger partial charge in [0.2, 0.25) is 0 Å². The summed E-state index contributed by atoms with van der Waals surface area (Å²) in [6.07, 6.45) is 11.4. The third-order valence-electron chi connectivity index (χ3n) is 7.53. The third-order valence-corrected chi connectivity index (χ3v) is 7.53. The predicted molar refractivity (Wildman–Crippen MR) is 133 cm³/mol. The lowest BCUT2D eigenvalue weighted by atomic mass is 9.83. The molecule has 5 atom stereocenters. The second-order valence-electron chi connectivity index (χ2n) is 11.0. The van der Waals surface area contributed by atoms with Gasteiger partial charge in [-0.2, -0.15) is 10.4 Å². The fraction of sp³-hybridized carbons (Fsp3) is 0.962. The van der Waals surface area contributed by atoms with Crippen LogP contribution in [0.3, 0.4) is 0 Å². The van der Waals surface area contributed by atoms with Crippen molar-refractivity contribution in [2.45, 2.75) is 137 Å². The summed E-state index contributed by atoms with van der Waals surface area (Å²) in [5, 5.41) is 10.4. The summed E-state index contributed by atoms with van der Waals surface area (Å²) in [7, 11) is 0. The van der Waals surface area contributed by atoms with Gasteiger partial charge in [0.05, 0.1) is 6.07 Å². The van der Waals surface area contributed by atoms with Gasteiger partial charge in [0.25, 0.3) is 0 Å². The number of nitriles is 1. The van der Waals surface area contributed by atoms with Crippen LogP contribution in [-0.2, 0) is 0 Å². The molecule has 0 saturated heterocycles. The van der Waals surface area contributed by atoms with Gasteiger partial charge in [-0.1, -0.05) is 46.5 Å². The van der Waals surface area contributed by atoms with Crippen LogP contribution in [0.5, 0.6) is 0 Å². The van der Waals surface area contributed by atoms with Crippen LogP contribution < -0.4 is 11.7 Å². The first kappa shape index (κ1) is 28.4. The zero-order chi connectivity index (χ0) is 23.6. The molecule has 0 aliphatic heterocycles. The molecule has 1 saturated carbocycles. The maximum Gasteiger partial charge on any atom is 0.0621 e. The Balaban J connectivity index is 3.05. The molecular formula is C26H53N5. The molecule has 1 rings (SSSR count). The van der Waals surface area contributed by atoms with Crippen molar-refractivity contribution in [3.63, 3.8) is 0 Å². The molecular weight excluding hydrogens is 382 g/mol. The van der Waals surface area contributed by atoms with E-state index < -0.39 is 0 Å². The van der Waals surface area contributed by atoms with Crippen LogP contribution in [0.4, 0.5) is 0 Å². The van der Waals surface area contributed by atoms with E-state index in [-0.39, 0.29) is 6.04 Å². The van der Waals surface area contributed by atoms with Crippen molar-refractivity contribution in [3.05, 3.63) is 0 Å². The quantitative estimate of drug-likeness (QED) is 0.191. The van der Waals surface area contributed by atoms with Gasteiger partial charge < -0.3 is 0 Å². The Morgan fingerprint density at radius 2 is 1.61 bits per heavy atom. The molecule has 0 aromatic rings. The van der Waals surface area contributed by atoms with Gasteiger partial charge in [-0.15, -0.1) is 0 Å². The van der Waals surface area contributed by atoms with Crippen LogP contribution in [0.1, 0.15) is 113 Å². The van der Waals surface area contributed by atoms with Crippen molar-refractivity contribution < 1.29 is 0 Å². The number of hydrogen-bond acceptors (Lipinski definition) is 5. The number of hydrazine groups is 2. The molecule has 0 radical (unpaired) electrons. The minimum absolute atomic E-state index is 0.246. The van der Waals surface area contributed by atoms with Crippen molar-refractivity contribution in [2.75, 3.05) is 0 Å². The molecule has 182 valence electrons. The molecule has 5 unspecified atom stereocenters. The van der Waals surface area contributed by atoms with E-state index in [9.17, 15) is 0 Å². The largest absolute Gasteiger partial charge is 0.295 e. The number of nitrogens with zero attached hydrogens (tertiary/aromatic N) is 3. The number of nitrogens with two attached hydrogens (primary N) is 2. The molecule has 31 heavy (non-hydrogen) atoms. The molecule has 1 aliphatic rings. The Labute approximate surface area is 193 Å².